The number of nitriles is 2. The van der Waals surface area contributed by atoms with Crippen LogP contribution in [0.5, 0.6) is 0 Å². The van der Waals surface area contributed by atoms with Crippen LogP contribution in [0.2, 0.25) is 0 Å². The van der Waals surface area contributed by atoms with Crippen LogP contribution in [0.25, 0.3) is 22.9 Å². The van der Waals surface area contributed by atoms with E-state index in [4.69, 9.17) is 33.5 Å². The van der Waals surface area contributed by atoms with Gasteiger partial charge in [-0.2, -0.15) is 26.2 Å². The minimum absolute atomic E-state index is 0. The van der Waals surface area contributed by atoms with Crippen LogP contribution in [0.15, 0.2) is 0 Å². The molecule has 0 aliphatic carbocycles. The Labute approximate surface area is 126 Å². The standard InChI is InChI=1S/2C3H8N2.2CHNS.Cr/c2*4-2-1-3-5;2*2-1-3;/h2*4-5H,1-3H2;2*3H;/q2*-2;;;/p-2. The summed E-state index contributed by atoms with van der Waals surface area (Å²) in [6.45, 7) is 1.62. The van der Waals surface area contributed by atoms with Crippen molar-refractivity contribution < 1.29 is 17.4 Å². The zero-order chi connectivity index (χ0) is 13.7. The van der Waals surface area contributed by atoms with Crippen molar-refractivity contribution in [3.63, 3.8) is 0 Å². The molecule has 0 rings (SSSR count). The van der Waals surface area contributed by atoms with E-state index in [1.54, 1.807) is 0 Å². The largest absolute Gasteiger partial charge is 0.696 e. The van der Waals surface area contributed by atoms with E-state index in [0.29, 0.717) is 26.2 Å². The number of hydrogen-bond donors (Lipinski definition) is 0. The average molecular weight is 312 g/mol. The van der Waals surface area contributed by atoms with E-state index in [2.05, 4.69) is 25.3 Å². The van der Waals surface area contributed by atoms with Gasteiger partial charge in [-0.05, 0) is 0 Å². The van der Waals surface area contributed by atoms with Gasteiger partial charge < -0.3 is 48.2 Å². The Morgan fingerprint density at radius 2 is 0.824 bits per heavy atom. The zero-order valence-corrected chi connectivity index (χ0v) is 12.3. The fourth-order valence-corrected chi connectivity index (χ4v) is 0.177. The second-order valence-electron chi connectivity index (χ2n) is 1.89. The normalized spacial score (nSPS) is 5.76. The Kier molecular flexibility index (Phi) is 101. The van der Waals surface area contributed by atoms with Crippen LogP contribution >= 0.6 is 0 Å². The van der Waals surface area contributed by atoms with Crippen LogP contribution in [-0.2, 0) is 42.6 Å². The first-order valence-corrected chi connectivity index (χ1v) is 5.09. The minimum atomic E-state index is 0. The molecule has 9 heteroatoms. The number of nitrogens with one attached hydrogen (secondary N) is 4. The third-order valence-electron chi connectivity index (χ3n) is 0.707. The fraction of sp³-hybridized carbons (Fsp3) is 0.750. The van der Waals surface area contributed by atoms with Crippen LogP contribution in [0.3, 0.4) is 0 Å². The summed E-state index contributed by atoms with van der Waals surface area (Å²) in [5, 5.41) is 16.9. The smallest absolute Gasteiger partial charge is 0 e. The molecule has 17 heavy (non-hydrogen) atoms. The molecule has 0 aromatic carbocycles. The SMILES string of the molecule is N#C[S-].N#C[S-].[Cr].[NH-]CCC[NH-].[NH-]CCC[NH-]. The Morgan fingerprint density at radius 3 is 0.824 bits per heavy atom. The third-order valence-corrected chi connectivity index (χ3v) is 0.707. The van der Waals surface area contributed by atoms with Crippen molar-refractivity contribution in [3.8, 4) is 10.8 Å². The summed E-state index contributed by atoms with van der Waals surface area (Å²) in [4.78, 5) is 0. The van der Waals surface area contributed by atoms with Crippen molar-refractivity contribution in [3.05, 3.63) is 22.9 Å². The van der Waals surface area contributed by atoms with E-state index in [9.17, 15) is 0 Å². The van der Waals surface area contributed by atoms with Gasteiger partial charge in [-0.3, -0.25) is 0 Å². The van der Waals surface area contributed by atoms with Crippen molar-refractivity contribution in [2.75, 3.05) is 26.2 Å². The molecule has 4 N–H and O–H groups in total. The van der Waals surface area contributed by atoms with Crippen LogP contribution in [0.1, 0.15) is 12.8 Å². The van der Waals surface area contributed by atoms with Gasteiger partial charge in [0.25, 0.3) is 0 Å². The number of rotatable bonds is 4. The second kappa shape index (κ2) is 56.9. The molecule has 0 amide bonds. The molecule has 0 radical (unpaired) electrons. The summed E-state index contributed by atoms with van der Waals surface area (Å²) in [6.07, 6.45) is 1.44. The Hall–Kier alpha value is -0.208. The molecule has 0 fully saturated rings. The number of hydrogen-bond acceptors (Lipinski definition) is 4. The molecule has 0 aromatic heterocycles. The molecule has 0 spiro atoms. The molecule has 102 valence electrons. The van der Waals surface area contributed by atoms with Crippen molar-refractivity contribution >= 4 is 25.3 Å². The predicted molar refractivity (Wildman–Crippen MR) is 71.9 cm³/mol. The average Bonchev–Trinajstić information content (AvgIpc) is 2.23. The third kappa shape index (κ3) is 209. The topological polar surface area (TPSA) is 143 Å². The first kappa shape index (κ1) is 30.1. The second-order valence-corrected chi connectivity index (χ2v) is 2.25. The molecular formula is C8H16CrN6S2-6. The minimum Gasteiger partial charge on any atom is -0.696 e. The molecule has 0 heterocycles. The molecule has 0 unspecified atom stereocenters. The van der Waals surface area contributed by atoms with Crippen molar-refractivity contribution in [2.45, 2.75) is 12.8 Å². The molecule has 0 aliphatic rings. The molecule has 0 saturated heterocycles. The Morgan fingerprint density at radius 1 is 0.706 bits per heavy atom. The van der Waals surface area contributed by atoms with Crippen molar-refractivity contribution in [2.24, 2.45) is 0 Å². The van der Waals surface area contributed by atoms with Gasteiger partial charge in [0.15, 0.2) is 0 Å². The summed E-state index contributed by atoms with van der Waals surface area (Å²) in [5.41, 5.74) is 25.9. The predicted octanol–water partition coefficient (Wildman–Crippen LogP) is 2.99. The van der Waals surface area contributed by atoms with E-state index in [-0.39, 0.29) is 17.4 Å². The fourth-order valence-electron chi connectivity index (χ4n) is 0.177. The van der Waals surface area contributed by atoms with Crippen LogP contribution < -0.4 is 0 Å². The Balaban J connectivity index is -0.0000000381. The van der Waals surface area contributed by atoms with Crippen molar-refractivity contribution in [1.29, 1.82) is 10.5 Å². The van der Waals surface area contributed by atoms with Crippen LogP contribution in [0.4, 0.5) is 0 Å². The zero-order valence-electron chi connectivity index (χ0n) is 9.36. The summed E-state index contributed by atoms with van der Waals surface area (Å²) in [7, 11) is 0. The first-order valence-electron chi connectivity index (χ1n) is 4.27. The quantitative estimate of drug-likeness (QED) is 0.580. The van der Waals surface area contributed by atoms with Crippen LogP contribution in [-0.4, -0.2) is 26.2 Å². The maximum absolute atomic E-state index is 7.13. The van der Waals surface area contributed by atoms with E-state index >= 15 is 0 Å². The summed E-state index contributed by atoms with van der Waals surface area (Å²) < 4.78 is 0. The molecule has 6 nitrogen and oxygen atoms in total. The van der Waals surface area contributed by atoms with Gasteiger partial charge in [-0.15, -0.1) is 0 Å². The molecular weight excluding hydrogens is 296 g/mol. The summed E-state index contributed by atoms with van der Waals surface area (Å²) >= 11 is 7.40. The summed E-state index contributed by atoms with van der Waals surface area (Å²) in [6, 6.07) is 0. The first-order chi connectivity index (χ1) is 7.66. The Bertz CT molecular complexity index is 137. The van der Waals surface area contributed by atoms with E-state index < -0.39 is 0 Å². The number of nitrogens with zero attached hydrogens (tertiary/aromatic N) is 2. The van der Waals surface area contributed by atoms with Crippen molar-refractivity contribution in [1.82, 2.24) is 0 Å². The van der Waals surface area contributed by atoms with Crippen LogP contribution in [0, 0.1) is 21.3 Å². The molecule has 0 aromatic rings. The van der Waals surface area contributed by atoms with Gasteiger partial charge in [0, 0.05) is 17.4 Å². The van der Waals surface area contributed by atoms with Gasteiger partial charge in [-0.1, -0.05) is 23.6 Å². The number of thiocyanates is 2. The summed E-state index contributed by atoms with van der Waals surface area (Å²) in [5.74, 6) is 0. The molecule has 0 atom stereocenters. The van der Waals surface area contributed by atoms with E-state index in [1.165, 1.54) is 10.8 Å². The van der Waals surface area contributed by atoms with Gasteiger partial charge in [0.1, 0.15) is 0 Å². The van der Waals surface area contributed by atoms with Gasteiger partial charge in [0.2, 0.25) is 0 Å². The van der Waals surface area contributed by atoms with E-state index in [1.807, 2.05) is 0 Å². The van der Waals surface area contributed by atoms with E-state index in [0.717, 1.165) is 12.8 Å². The molecule has 0 saturated carbocycles. The maximum Gasteiger partial charge on any atom is 0 e. The maximum atomic E-state index is 7.13. The van der Waals surface area contributed by atoms with Gasteiger partial charge >= 0.3 is 0 Å². The molecule has 0 aliphatic heterocycles. The van der Waals surface area contributed by atoms with Gasteiger partial charge in [-0.25, -0.2) is 10.5 Å². The molecule has 0 bridgehead atoms. The monoisotopic (exact) mass is 312 g/mol. The van der Waals surface area contributed by atoms with Gasteiger partial charge in [0.05, 0.1) is 0 Å².